The first-order valence-electron chi connectivity index (χ1n) is 5.53. The van der Waals surface area contributed by atoms with E-state index >= 15 is 0 Å². The van der Waals surface area contributed by atoms with E-state index in [-0.39, 0.29) is 12.5 Å². The number of carbonyl (C=O) groups is 1. The average molecular weight is 276 g/mol. The highest BCUT2D eigenvalue weighted by molar-refractivity contribution is 7.10. The highest BCUT2D eigenvalue weighted by Gasteiger charge is 2.15. The zero-order chi connectivity index (χ0) is 13.7. The van der Waals surface area contributed by atoms with Gasteiger partial charge in [0, 0.05) is 28.9 Å². The lowest BCUT2D eigenvalue weighted by molar-refractivity contribution is 0.0776. The molecule has 0 aromatic carbocycles. The van der Waals surface area contributed by atoms with Crippen molar-refractivity contribution < 1.29 is 14.4 Å². The fraction of sp³-hybridized carbons (Fsp3) is 0.231. The molecular formula is C13H12N2O3S. The molecule has 0 saturated carbocycles. The minimum Gasteiger partial charge on any atom is -0.384 e. The van der Waals surface area contributed by atoms with Crippen molar-refractivity contribution in [2.75, 3.05) is 13.7 Å². The Morgan fingerprint density at radius 3 is 3.16 bits per heavy atom. The molecule has 19 heavy (non-hydrogen) atoms. The summed E-state index contributed by atoms with van der Waals surface area (Å²) in [6, 6.07) is 3.44. The second-order valence-electron chi connectivity index (χ2n) is 3.81. The summed E-state index contributed by atoms with van der Waals surface area (Å²) in [5.74, 6) is 5.22. The molecule has 1 amide bonds. The molecular weight excluding hydrogens is 264 g/mol. The van der Waals surface area contributed by atoms with Crippen molar-refractivity contribution in [1.29, 1.82) is 0 Å². The zero-order valence-corrected chi connectivity index (χ0v) is 11.1. The predicted molar refractivity (Wildman–Crippen MR) is 70.6 cm³/mol. The van der Waals surface area contributed by atoms with Gasteiger partial charge in [0.1, 0.15) is 12.9 Å². The summed E-state index contributed by atoms with van der Waals surface area (Å²) in [7, 11) is 1.70. The van der Waals surface area contributed by atoms with Gasteiger partial charge in [0.15, 0.2) is 5.69 Å². The van der Waals surface area contributed by atoms with Gasteiger partial charge in [-0.05, 0) is 6.07 Å². The van der Waals surface area contributed by atoms with Crippen molar-refractivity contribution in [3.05, 3.63) is 39.9 Å². The summed E-state index contributed by atoms with van der Waals surface area (Å²) >= 11 is 1.52. The summed E-state index contributed by atoms with van der Waals surface area (Å²) in [6.07, 6.45) is 1.37. The van der Waals surface area contributed by atoms with Crippen LogP contribution in [0.4, 0.5) is 0 Å². The van der Waals surface area contributed by atoms with E-state index < -0.39 is 0 Å². The average Bonchev–Trinajstić information content (AvgIpc) is 3.06. The van der Waals surface area contributed by atoms with Crippen molar-refractivity contribution >= 4 is 17.2 Å². The van der Waals surface area contributed by atoms with Gasteiger partial charge >= 0.3 is 0 Å². The molecule has 2 rings (SSSR count). The number of rotatable bonds is 3. The van der Waals surface area contributed by atoms with Crippen LogP contribution in [0.3, 0.4) is 0 Å². The second kappa shape index (κ2) is 6.18. The summed E-state index contributed by atoms with van der Waals surface area (Å²) in [4.78, 5) is 14.5. The lowest BCUT2D eigenvalue weighted by Crippen LogP contribution is -2.26. The van der Waals surface area contributed by atoms with Crippen LogP contribution in [0.2, 0.25) is 0 Å². The predicted octanol–water partition coefficient (Wildman–Crippen LogP) is 1.35. The van der Waals surface area contributed by atoms with Crippen LogP contribution in [0.15, 0.2) is 28.3 Å². The smallest absolute Gasteiger partial charge is 0.276 e. The molecule has 5 nitrogen and oxygen atoms in total. The molecule has 2 heterocycles. The highest BCUT2D eigenvalue weighted by Crippen LogP contribution is 2.16. The first kappa shape index (κ1) is 13.3. The normalized spacial score (nSPS) is 9.79. The van der Waals surface area contributed by atoms with Crippen molar-refractivity contribution in [1.82, 2.24) is 10.1 Å². The molecule has 0 saturated heterocycles. The third kappa shape index (κ3) is 3.44. The molecule has 0 aliphatic rings. The van der Waals surface area contributed by atoms with E-state index in [9.17, 15) is 4.79 Å². The molecule has 0 radical (unpaired) electrons. The van der Waals surface area contributed by atoms with E-state index in [2.05, 4.69) is 21.5 Å². The molecule has 0 aliphatic heterocycles. The maximum Gasteiger partial charge on any atom is 0.276 e. The standard InChI is InChI=1S/C13H12N2O3S/c1-15(13(17)12-4-6-18-14-12)8-11-7-10(9-19-11)3-2-5-16/h4,6-7,9,16H,5,8H2,1H3. The molecule has 6 heteroatoms. The Morgan fingerprint density at radius 2 is 2.47 bits per heavy atom. The summed E-state index contributed by atoms with van der Waals surface area (Å²) < 4.78 is 4.65. The molecule has 0 fully saturated rings. The van der Waals surface area contributed by atoms with Gasteiger partial charge in [0.2, 0.25) is 0 Å². The van der Waals surface area contributed by atoms with E-state index in [0.717, 1.165) is 10.4 Å². The van der Waals surface area contributed by atoms with Crippen LogP contribution in [0.1, 0.15) is 20.9 Å². The number of aromatic nitrogens is 1. The first-order chi connectivity index (χ1) is 9.20. The molecule has 0 atom stereocenters. The van der Waals surface area contributed by atoms with Crippen molar-refractivity contribution in [2.24, 2.45) is 0 Å². The van der Waals surface area contributed by atoms with E-state index in [1.54, 1.807) is 11.9 Å². The van der Waals surface area contributed by atoms with Crippen molar-refractivity contribution in [3.8, 4) is 11.8 Å². The molecule has 0 unspecified atom stereocenters. The van der Waals surface area contributed by atoms with Crippen molar-refractivity contribution in [3.63, 3.8) is 0 Å². The van der Waals surface area contributed by atoms with Gasteiger partial charge in [0.25, 0.3) is 5.91 Å². The molecule has 98 valence electrons. The van der Waals surface area contributed by atoms with Gasteiger partial charge in [-0.15, -0.1) is 11.3 Å². The molecule has 1 N–H and O–H groups in total. The van der Waals surface area contributed by atoms with Crippen LogP contribution >= 0.6 is 11.3 Å². The van der Waals surface area contributed by atoms with Crippen molar-refractivity contribution in [2.45, 2.75) is 6.54 Å². The second-order valence-corrected chi connectivity index (χ2v) is 4.80. The first-order valence-corrected chi connectivity index (χ1v) is 6.41. The van der Waals surface area contributed by atoms with E-state index in [0.29, 0.717) is 12.2 Å². The van der Waals surface area contributed by atoms with Crippen LogP contribution < -0.4 is 0 Å². The Hall–Kier alpha value is -2.10. The molecule has 0 aliphatic carbocycles. The van der Waals surface area contributed by atoms with Gasteiger partial charge in [-0.2, -0.15) is 0 Å². The number of hydrogen-bond donors (Lipinski definition) is 1. The number of nitrogens with zero attached hydrogens (tertiary/aromatic N) is 2. The Labute approximate surface area is 114 Å². The Kier molecular flexibility index (Phi) is 4.34. The number of aliphatic hydroxyl groups excluding tert-OH is 1. The highest BCUT2D eigenvalue weighted by atomic mass is 32.1. The third-order valence-electron chi connectivity index (χ3n) is 2.36. The number of aliphatic hydroxyl groups is 1. The van der Waals surface area contributed by atoms with Gasteiger partial charge < -0.3 is 14.5 Å². The van der Waals surface area contributed by atoms with Gasteiger partial charge in [0.05, 0.1) is 6.54 Å². The number of amides is 1. The minimum atomic E-state index is -0.190. The molecule has 2 aromatic heterocycles. The maximum absolute atomic E-state index is 11.9. The minimum absolute atomic E-state index is 0.157. The molecule has 0 spiro atoms. The van der Waals surface area contributed by atoms with Crippen LogP contribution in [0, 0.1) is 11.8 Å². The summed E-state index contributed by atoms with van der Waals surface area (Å²) in [5.41, 5.74) is 1.13. The van der Waals surface area contributed by atoms with Crippen LogP contribution in [-0.2, 0) is 6.54 Å². The van der Waals surface area contributed by atoms with E-state index in [1.807, 2.05) is 11.4 Å². The largest absolute Gasteiger partial charge is 0.384 e. The Bertz CT molecular complexity index is 607. The summed E-state index contributed by atoms with van der Waals surface area (Å²) in [5, 5.41) is 14.1. The van der Waals surface area contributed by atoms with Gasteiger partial charge in [-0.1, -0.05) is 17.0 Å². The number of thiophene rings is 1. The monoisotopic (exact) mass is 276 g/mol. The lowest BCUT2D eigenvalue weighted by atomic mass is 10.3. The fourth-order valence-electron chi connectivity index (χ4n) is 1.49. The summed E-state index contributed by atoms with van der Waals surface area (Å²) in [6.45, 7) is 0.326. The lowest BCUT2D eigenvalue weighted by Gasteiger charge is -2.13. The molecule has 2 aromatic rings. The quantitative estimate of drug-likeness (QED) is 0.859. The number of hydrogen-bond acceptors (Lipinski definition) is 5. The number of carbonyl (C=O) groups excluding carboxylic acids is 1. The fourth-order valence-corrected chi connectivity index (χ4v) is 2.36. The van der Waals surface area contributed by atoms with E-state index in [1.165, 1.54) is 23.7 Å². The topological polar surface area (TPSA) is 66.6 Å². The van der Waals surface area contributed by atoms with E-state index in [4.69, 9.17) is 5.11 Å². The maximum atomic E-state index is 11.9. The Balaban J connectivity index is 2.01. The SMILES string of the molecule is CN(Cc1cc(C#CCO)cs1)C(=O)c1ccon1. The van der Waals surface area contributed by atoms with Gasteiger partial charge in [-0.3, -0.25) is 4.79 Å². The Morgan fingerprint density at radius 1 is 1.63 bits per heavy atom. The van der Waals surface area contributed by atoms with Crippen LogP contribution in [0.25, 0.3) is 0 Å². The van der Waals surface area contributed by atoms with Crippen LogP contribution in [0.5, 0.6) is 0 Å². The van der Waals surface area contributed by atoms with Crippen LogP contribution in [-0.4, -0.2) is 34.7 Å². The third-order valence-corrected chi connectivity index (χ3v) is 3.28. The van der Waals surface area contributed by atoms with Gasteiger partial charge in [-0.25, -0.2) is 0 Å². The zero-order valence-electron chi connectivity index (χ0n) is 10.3. The molecule has 0 bridgehead atoms.